The van der Waals surface area contributed by atoms with Crippen LogP contribution in [0.4, 0.5) is 5.69 Å². The van der Waals surface area contributed by atoms with Crippen LogP contribution in [-0.2, 0) is 9.84 Å². The number of nitrogens with two attached hydrogens (primary N) is 1. The number of hydrogen-bond acceptors (Lipinski definition) is 5. The fraction of sp³-hybridized carbons (Fsp3) is 0.0476. The summed E-state index contributed by atoms with van der Waals surface area (Å²) < 4.78 is 29.0. The van der Waals surface area contributed by atoms with E-state index in [2.05, 4.69) is 26.2 Å². The van der Waals surface area contributed by atoms with E-state index in [4.69, 9.17) is 5.73 Å². The molecule has 1 heterocycles. The monoisotopic (exact) mass is 468 g/mol. The third kappa shape index (κ3) is 3.68. The molecule has 0 spiro atoms. The maximum absolute atomic E-state index is 13.4. The molecule has 2 N–H and O–H groups in total. The highest BCUT2D eigenvalue weighted by Crippen LogP contribution is 2.32. The molecule has 0 aliphatic carbocycles. The van der Waals surface area contributed by atoms with Crippen molar-refractivity contribution in [1.82, 2.24) is 15.0 Å². The van der Waals surface area contributed by atoms with Crippen molar-refractivity contribution in [3.8, 4) is 16.9 Å². The minimum atomic E-state index is -3.89. The molecular weight excluding hydrogens is 452 g/mol. The number of benzene rings is 3. The topological polar surface area (TPSA) is 90.9 Å². The lowest BCUT2D eigenvalue weighted by Crippen LogP contribution is -2.06. The molecule has 0 amide bonds. The van der Waals surface area contributed by atoms with Crippen molar-refractivity contribution in [1.29, 1.82) is 0 Å². The summed E-state index contributed by atoms with van der Waals surface area (Å²) in [5, 5.41) is 8.13. The number of aromatic nitrogens is 3. The molecule has 0 unspecified atom stereocenters. The molecule has 6 nitrogen and oxygen atoms in total. The Kier molecular flexibility index (Phi) is 4.97. The van der Waals surface area contributed by atoms with Crippen LogP contribution in [-0.4, -0.2) is 23.4 Å². The van der Waals surface area contributed by atoms with Crippen molar-refractivity contribution in [2.24, 2.45) is 0 Å². The lowest BCUT2D eigenvalue weighted by Gasteiger charge is -2.10. The van der Waals surface area contributed by atoms with E-state index >= 15 is 0 Å². The second-order valence-electron chi connectivity index (χ2n) is 6.57. The molecule has 0 saturated heterocycles. The zero-order chi connectivity index (χ0) is 20.6. The molecule has 3 aromatic carbocycles. The summed E-state index contributed by atoms with van der Waals surface area (Å²) in [6.07, 6.45) is 0. The molecule has 1 aromatic heterocycles. The minimum Gasteiger partial charge on any atom is -0.399 e. The molecule has 8 heteroatoms. The Bertz CT molecular complexity index is 1280. The van der Waals surface area contributed by atoms with E-state index in [0.29, 0.717) is 27.1 Å². The average Bonchev–Trinajstić information content (AvgIpc) is 3.15. The van der Waals surface area contributed by atoms with Gasteiger partial charge in [-0.15, -0.1) is 5.10 Å². The first-order chi connectivity index (χ1) is 13.9. The van der Waals surface area contributed by atoms with E-state index in [1.807, 2.05) is 31.2 Å². The fourth-order valence-corrected chi connectivity index (χ4v) is 4.87. The largest absolute Gasteiger partial charge is 0.399 e. The van der Waals surface area contributed by atoms with Crippen molar-refractivity contribution in [2.45, 2.75) is 16.8 Å². The predicted octanol–water partition coefficient (Wildman–Crippen LogP) is 4.42. The molecule has 4 rings (SSSR count). The van der Waals surface area contributed by atoms with Crippen LogP contribution in [0.1, 0.15) is 5.56 Å². The molecule has 0 atom stereocenters. The number of anilines is 1. The Morgan fingerprint density at radius 1 is 0.966 bits per heavy atom. The Hall–Kier alpha value is -2.97. The first-order valence-electron chi connectivity index (χ1n) is 8.75. The summed E-state index contributed by atoms with van der Waals surface area (Å²) in [7, 11) is -3.89. The number of rotatable bonds is 4. The zero-order valence-electron chi connectivity index (χ0n) is 15.4. The van der Waals surface area contributed by atoms with Gasteiger partial charge in [0.15, 0.2) is 0 Å². The molecule has 0 radical (unpaired) electrons. The lowest BCUT2D eigenvalue weighted by atomic mass is 10.1. The van der Waals surface area contributed by atoms with Crippen LogP contribution < -0.4 is 5.73 Å². The van der Waals surface area contributed by atoms with E-state index in [0.717, 1.165) is 5.56 Å². The smallest absolute Gasteiger partial charge is 0.228 e. The molecule has 146 valence electrons. The summed E-state index contributed by atoms with van der Waals surface area (Å²) in [4.78, 5) is 0.143. The van der Waals surface area contributed by atoms with E-state index < -0.39 is 9.84 Å². The van der Waals surface area contributed by atoms with Gasteiger partial charge in [-0.1, -0.05) is 57.0 Å². The number of nitrogens with zero attached hydrogens (tertiary/aromatic N) is 3. The van der Waals surface area contributed by atoms with Crippen LogP contribution in [0.25, 0.3) is 16.9 Å². The van der Waals surface area contributed by atoms with Crippen LogP contribution >= 0.6 is 15.9 Å². The van der Waals surface area contributed by atoms with Gasteiger partial charge in [0, 0.05) is 15.7 Å². The molecule has 0 aliphatic heterocycles. The van der Waals surface area contributed by atoms with Crippen molar-refractivity contribution < 1.29 is 8.42 Å². The lowest BCUT2D eigenvalue weighted by molar-refractivity contribution is 0.592. The van der Waals surface area contributed by atoms with Crippen molar-refractivity contribution in [2.75, 3.05) is 5.73 Å². The van der Waals surface area contributed by atoms with Gasteiger partial charge in [-0.25, -0.2) is 13.1 Å². The molecule has 4 aromatic rings. The van der Waals surface area contributed by atoms with Gasteiger partial charge >= 0.3 is 0 Å². The number of halogens is 1. The van der Waals surface area contributed by atoms with Gasteiger partial charge in [0.2, 0.25) is 14.9 Å². The van der Waals surface area contributed by atoms with E-state index in [-0.39, 0.29) is 9.92 Å². The van der Waals surface area contributed by atoms with Gasteiger partial charge < -0.3 is 5.73 Å². The van der Waals surface area contributed by atoms with Crippen molar-refractivity contribution in [3.05, 3.63) is 82.8 Å². The number of hydrogen-bond donors (Lipinski definition) is 1. The third-order valence-corrected chi connectivity index (χ3v) is 6.61. The van der Waals surface area contributed by atoms with Crippen molar-refractivity contribution in [3.63, 3.8) is 0 Å². The molecule has 29 heavy (non-hydrogen) atoms. The van der Waals surface area contributed by atoms with Gasteiger partial charge in [-0.2, -0.15) is 0 Å². The Labute approximate surface area is 177 Å². The van der Waals surface area contributed by atoms with Crippen LogP contribution in [0.15, 0.2) is 87.2 Å². The SMILES string of the molecule is Cc1ccc(-c2c(S(=O)(=O)c3cccc(Br)c3)nnn2-c2ccc(N)cc2)cc1. The second kappa shape index (κ2) is 7.46. The van der Waals surface area contributed by atoms with Crippen LogP contribution in [0, 0.1) is 6.92 Å². The maximum Gasteiger partial charge on any atom is 0.228 e. The quantitative estimate of drug-likeness (QED) is 0.447. The first kappa shape index (κ1) is 19.4. The highest BCUT2D eigenvalue weighted by Gasteiger charge is 2.29. The van der Waals surface area contributed by atoms with Gasteiger partial charge in [0.25, 0.3) is 0 Å². The van der Waals surface area contributed by atoms with Crippen LogP contribution in [0.3, 0.4) is 0 Å². The first-order valence-corrected chi connectivity index (χ1v) is 11.0. The Balaban J connectivity index is 1.97. The van der Waals surface area contributed by atoms with E-state index in [9.17, 15) is 8.42 Å². The zero-order valence-corrected chi connectivity index (χ0v) is 17.9. The Morgan fingerprint density at radius 2 is 1.66 bits per heavy atom. The van der Waals surface area contributed by atoms with Gasteiger partial charge in [0.05, 0.1) is 10.6 Å². The van der Waals surface area contributed by atoms with E-state index in [1.54, 1.807) is 48.5 Å². The van der Waals surface area contributed by atoms with Crippen molar-refractivity contribution >= 4 is 31.5 Å². The summed E-state index contributed by atoms with van der Waals surface area (Å²) in [5.41, 5.74) is 9.22. The number of aryl methyl sites for hydroxylation is 1. The van der Waals surface area contributed by atoms with Gasteiger partial charge in [0.1, 0.15) is 5.69 Å². The Morgan fingerprint density at radius 3 is 2.31 bits per heavy atom. The van der Waals surface area contributed by atoms with Gasteiger partial charge in [-0.3, -0.25) is 0 Å². The minimum absolute atomic E-state index is 0.101. The number of sulfone groups is 1. The molecular formula is C21H17BrN4O2S. The molecule has 0 bridgehead atoms. The van der Waals surface area contributed by atoms with E-state index in [1.165, 1.54) is 4.68 Å². The third-order valence-electron chi connectivity index (χ3n) is 4.46. The number of nitrogen functional groups attached to an aromatic ring is 1. The molecule has 0 fully saturated rings. The van der Waals surface area contributed by atoms with Crippen LogP contribution in [0.2, 0.25) is 0 Å². The summed E-state index contributed by atoms with van der Waals surface area (Å²) >= 11 is 3.33. The summed E-state index contributed by atoms with van der Waals surface area (Å²) in [6, 6.07) is 21.1. The van der Waals surface area contributed by atoms with Gasteiger partial charge in [-0.05, 0) is 49.4 Å². The normalized spacial score (nSPS) is 11.5. The standard InChI is InChI=1S/C21H17BrN4O2S/c1-14-5-7-15(8-6-14)20-21(29(27,28)19-4-2-3-16(22)13-19)24-25-26(20)18-11-9-17(23)10-12-18/h2-13H,23H2,1H3. The fourth-order valence-electron chi connectivity index (χ4n) is 2.95. The summed E-state index contributed by atoms with van der Waals surface area (Å²) in [6.45, 7) is 1.97. The predicted molar refractivity (Wildman–Crippen MR) is 116 cm³/mol. The summed E-state index contributed by atoms with van der Waals surface area (Å²) in [5.74, 6) is 0. The average molecular weight is 469 g/mol. The highest BCUT2D eigenvalue weighted by molar-refractivity contribution is 9.10. The van der Waals surface area contributed by atoms with Crippen LogP contribution in [0.5, 0.6) is 0 Å². The second-order valence-corrected chi connectivity index (χ2v) is 9.35. The maximum atomic E-state index is 13.4. The highest BCUT2D eigenvalue weighted by atomic mass is 79.9. The molecule has 0 aliphatic rings. The molecule has 0 saturated carbocycles.